The molecule has 0 aliphatic rings. The Morgan fingerprint density at radius 3 is 2.81 bits per heavy atom. The molecule has 3 nitrogen and oxygen atoms in total. The monoisotopic (exact) mass is 289 g/mol. The Balaban J connectivity index is 3.10. The van der Waals surface area contributed by atoms with E-state index in [1.54, 1.807) is 7.05 Å². The zero-order valence-corrected chi connectivity index (χ0v) is 10.8. The molecule has 1 aromatic carbocycles. The summed E-state index contributed by atoms with van der Waals surface area (Å²) in [6.07, 6.45) is 1.46. The topological polar surface area (TPSA) is 29.5 Å². The van der Waals surface area contributed by atoms with Gasteiger partial charge in [0.2, 0.25) is 6.41 Å². The Morgan fingerprint density at radius 2 is 2.25 bits per heavy atom. The van der Waals surface area contributed by atoms with Gasteiger partial charge in [0.25, 0.3) is 0 Å². The maximum atomic E-state index is 13.3. The van der Waals surface area contributed by atoms with Crippen LogP contribution >= 0.6 is 15.9 Å². The fourth-order valence-corrected chi connectivity index (χ4v) is 1.50. The van der Waals surface area contributed by atoms with Crippen molar-refractivity contribution >= 4 is 28.0 Å². The van der Waals surface area contributed by atoms with E-state index < -0.39 is 5.82 Å². The highest BCUT2D eigenvalue weighted by Crippen LogP contribution is 2.32. The van der Waals surface area contributed by atoms with Gasteiger partial charge in [-0.2, -0.15) is 0 Å². The number of hydrogen-bond acceptors (Lipinski definition) is 2. The summed E-state index contributed by atoms with van der Waals surface area (Å²) in [4.78, 5) is 11.9. The van der Waals surface area contributed by atoms with Crippen LogP contribution in [0.4, 0.5) is 10.1 Å². The van der Waals surface area contributed by atoms with E-state index in [0.29, 0.717) is 28.9 Å². The fourth-order valence-electron chi connectivity index (χ4n) is 1.18. The molecule has 0 bridgehead atoms. The number of carbonyl (C=O) groups excluding carboxylic acids is 1. The summed E-state index contributed by atoms with van der Waals surface area (Å²) in [5, 5.41) is 0. The second-order valence-electron chi connectivity index (χ2n) is 3.30. The second kappa shape index (κ2) is 5.84. The van der Waals surface area contributed by atoms with Crippen molar-refractivity contribution in [3.05, 3.63) is 22.4 Å². The first-order valence-corrected chi connectivity index (χ1v) is 5.69. The van der Waals surface area contributed by atoms with Crippen molar-refractivity contribution in [2.24, 2.45) is 0 Å². The van der Waals surface area contributed by atoms with Gasteiger partial charge in [-0.05, 0) is 28.4 Å². The number of amides is 1. The molecule has 0 atom stereocenters. The predicted molar refractivity (Wildman–Crippen MR) is 64.4 cm³/mol. The lowest BCUT2D eigenvalue weighted by Gasteiger charge is -2.17. The Kier molecular flexibility index (Phi) is 4.73. The van der Waals surface area contributed by atoms with E-state index in [4.69, 9.17) is 4.74 Å². The van der Waals surface area contributed by atoms with E-state index in [0.717, 1.165) is 6.42 Å². The molecule has 16 heavy (non-hydrogen) atoms. The molecule has 0 unspecified atom stereocenters. The second-order valence-corrected chi connectivity index (χ2v) is 4.15. The maximum Gasteiger partial charge on any atom is 0.213 e. The van der Waals surface area contributed by atoms with Gasteiger partial charge in [-0.1, -0.05) is 6.92 Å². The minimum absolute atomic E-state index is 0.321. The quantitative estimate of drug-likeness (QED) is 0.780. The van der Waals surface area contributed by atoms with E-state index in [9.17, 15) is 9.18 Å². The van der Waals surface area contributed by atoms with Crippen LogP contribution in [0.3, 0.4) is 0 Å². The van der Waals surface area contributed by atoms with E-state index >= 15 is 0 Å². The maximum absolute atomic E-state index is 13.3. The zero-order valence-electron chi connectivity index (χ0n) is 9.17. The molecule has 0 aliphatic carbocycles. The SMILES string of the molecule is CCCOc1cc(Br)c(F)cc1N(C)C=O. The van der Waals surface area contributed by atoms with Gasteiger partial charge >= 0.3 is 0 Å². The molecule has 0 N–H and O–H groups in total. The molecule has 0 fully saturated rings. The van der Waals surface area contributed by atoms with Crippen molar-refractivity contribution in [3.8, 4) is 5.75 Å². The molecule has 0 aliphatic heterocycles. The molecule has 1 amide bonds. The lowest BCUT2D eigenvalue weighted by Crippen LogP contribution is -2.15. The number of benzene rings is 1. The minimum atomic E-state index is -0.424. The van der Waals surface area contributed by atoms with Crippen molar-refractivity contribution in [2.75, 3.05) is 18.6 Å². The first-order chi connectivity index (χ1) is 7.60. The summed E-state index contributed by atoms with van der Waals surface area (Å²) in [5.74, 6) is 0.0669. The van der Waals surface area contributed by atoms with Crippen molar-refractivity contribution in [1.29, 1.82) is 0 Å². The number of halogens is 2. The van der Waals surface area contributed by atoms with E-state index in [-0.39, 0.29) is 0 Å². The van der Waals surface area contributed by atoms with Crippen molar-refractivity contribution in [2.45, 2.75) is 13.3 Å². The van der Waals surface area contributed by atoms with Gasteiger partial charge < -0.3 is 9.64 Å². The van der Waals surface area contributed by atoms with Gasteiger partial charge in [0, 0.05) is 13.1 Å². The largest absolute Gasteiger partial charge is 0.491 e. The van der Waals surface area contributed by atoms with Crippen LogP contribution in [0, 0.1) is 5.82 Å². The standard InChI is InChI=1S/C11H13BrFNO2/c1-3-4-16-11-5-8(12)9(13)6-10(11)14(2)7-15/h5-7H,3-4H2,1-2H3. The first kappa shape index (κ1) is 13.0. The molecule has 0 radical (unpaired) electrons. The number of carbonyl (C=O) groups is 1. The van der Waals surface area contributed by atoms with Crippen molar-refractivity contribution in [1.82, 2.24) is 0 Å². The Labute approximate surface area is 102 Å². The third-order valence-corrected chi connectivity index (χ3v) is 2.61. The van der Waals surface area contributed by atoms with Crippen LogP contribution in [0.5, 0.6) is 5.75 Å². The number of rotatable bonds is 5. The van der Waals surface area contributed by atoms with E-state index in [1.165, 1.54) is 17.0 Å². The van der Waals surface area contributed by atoms with Crippen LogP contribution in [0.25, 0.3) is 0 Å². The summed E-state index contributed by atoms with van der Waals surface area (Å²) in [6, 6.07) is 2.80. The van der Waals surface area contributed by atoms with Crippen LogP contribution in [-0.4, -0.2) is 20.1 Å². The lowest BCUT2D eigenvalue weighted by atomic mass is 10.2. The van der Waals surface area contributed by atoms with Gasteiger partial charge in [0.1, 0.15) is 11.6 Å². The van der Waals surface area contributed by atoms with Gasteiger partial charge in [-0.15, -0.1) is 0 Å². The highest BCUT2D eigenvalue weighted by molar-refractivity contribution is 9.10. The van der Waals surface area contributed by atoms with Crippen LogP contribution in [0.15, 0.2) is 16.6 Å². The average Bonchev–Trinajstić information content (AvgIpc) is 2.29. The molecule has 5 heteroatoms. The molecule has 1 aromatic rings. The van der Waals surface area contributed by atoms with Gasteiger partial charge in [-0.25, -0.2) is 4.39 Å². The van der Waals surface area contributed by atoms with Gasteiger partial charge in [0.15, 0.2) is 0 Å². The Bertz CT molecular complexity index is 384. The molecule has 88 valence electrons. The van der Waals surface area contributed by atoms with Crippen molar-refractivity contribution < 1.29 is 13.9 Å². The van der Waals surface area contributed by atoms with Crippen molar-refractivity contribution in [3.63, 3.8) is 0 Å². The molecule has 0 aromatic heterocycles. The zero-order chi connectivity index (χ0) is 12.1. The summed E-state index contributed by atoms with van der Waals surface area (Å²) in [5.41, 5.74) is 0.421. The van der Waals surface area contributed by atoms with Crippen LogP contribution < -0.4 is 9.64 Å². The number of ether oxygens (including phenoxy) is 1. The normalized spacial score (nSPS) is 10.0. The molecule has 1 rings (SSSR count). The molecule has 0 spiro atoms. The highest BCUT2D eigenvalue weighted by Gasteiger charge is 2.12. The van der Waals surface area contributed by atoms with E-state index in [1.807, 2.05) is 6.92 Å². The minimum Gasteiger partial charge on any atom is -0.491 e. The van der Waals surface area contributed by atoms with Gasteiger partial charge in [0.05, 0.1) is 16.8 Å². The third-order valence-electron chi connectivity index (χ3n) is 2.00. The summed E-state index contributed by atoms with van der Waals surface area (Å²) < 4.78 is 19.1. The smallest absolute Gasteiger partial charge is 0.213 e. The van der Waals surface area contributed by atoms with Crippen LogP contribution in [0.1, 0.15) is 13.3 Å². The fraction of sp³-hybridized carbons (Fsp3) is 0.364. The van der Waals surface area contributed by atoms with Crippen LogP contribution in [0.2, 0.25) is 0 Å². The lowest BCUT2D eigenvalue weighted by molar-refractivity contribution is -0.107. The summed E-state index contributed by atoms with van der Waals surface area (Å²) >= 11 is 3.08. The summed E-state index contributed by atoms with van der Waals surface area (Å²) in [6.45, 7) is 2.50. The predicted octanol–water partition coefficient (Wildman–Crippen LogP) is 2.97. The van der Waals surface area contributed by atoms with Gasteiger partial charge in [-0.3, -0.25) is 4.79 Å². The van der Waals surface area contributed by atoms with Crippen LogP contribution in [-0.2, 0) is 4.79 Å². The molecule has 0 saturated carbocycles. The Morgan fingerprint density at radius 1 is 1.56 bits per heavy atom. The molecular formula is C11H13BrFNO2. The molecule has 0 heterocycles. The first-order valence-electron chi connectivity index (χ1n) is 4.90. The Hall–Kier alpha value is -1.10. The number of nitrogens with zero attached hydrogens (tertiary/aromatic N) is 1. The average molecular weight is 290 g/mol. The van der Waals surface area contributed by atoms with E-state index in [2.05, 4.69) is 15.9 Å². The number of hydrogen-bond donors (Lipinski definition) is 0. The molecular weight excluding hydrogens is 277 g/mol. The molecule has 0 saturated heterocycles. The third kappa shape index (κ3) is 2.95. The number of anilines is 1. The summed E-state index contributed by atoms with van der Waals surface area (Å²) in [7, 11) is 1.55. The highest BCUT2D eigenvalue weighted by atomic mass is 79.9.